The summed E-state index contributed by atoms with van der Waals surface area (Å²) in [4.78, 5) is 11.4. The Morgan fingerprint density at radius 3 is 2.82 bits per heavy atom. The van der Waals surface area contributed by atoms with Crippen molar-refractivity contribution in [2.75, 3.05) is 0 Å². The van der Waals surface area contributed by atoms with E-state index in [0.717, 1.165) is 0 Å². The molecule has 0 unspecified atom stereocenters. The molecule has 1 aromatic heterocycles. The average molecular weight is 230 g/mol. The topological polar surface area (TPSA) is 74.8 Å². The number of hydrogen-bond donors (Lipinski definition) is 2. The van der Waals surface area contributed by atoms with E-state index in [-0.39, 0.29) is 11.5 Å². The number of nitrogens with zero attached hydrogens (tertiary/aromatic N) is 1. The van der Waals surface area contributed by atoms with Crippen LogP contribution in [0.5, 0.6) is 5.75 Å². The quantitative estimate of drug-likeness (QED) is 0.623. The van der Waals surface area contributed by atoms with Gasteiger partial charge in [0.1, 0.15) is 5.75 Å². The van der Waals surface area contributed by atoms with Crippen LogP contribution < -0.4 is 5.43 Å². The minimum atomic E-state index is -0.443. The standard InChI is InChI=1S/C12H10N2O3/c15-10-5-2-1-4-9(10)8-13-14-12(16)11-6-3-7-17-11/h1-8,15H,(H,14,16)/b13-8-. The zero-order valence-electron chi connectivity index (χ0n) is 8.83. The van der Waals surface area contributed by atoms with Crippen LogP contribution in [-0.4, -0.2) is 17.2 Å². The summed E-state index contributed by atoms with van der Waals surface area (Å²) in [5, 5.41) is 13.2. The number of benzene rings is 1. The van der Waals surface area contributed by atoms with Gasteiger partial charge in [-0.2, -0.15) is 5.10 Å². The molecular formula is C12H10N2O3. The molecule has 5 heteroatoms. The number of hydrogen-bond acceptors (Lipinski definition) is 4. The van der Waals surface area contributed by atoms with Gasteiger partial charge in [-0.25, -0.2) is 5.43 Å². The van der Waals surface area contributed by atoms with Gasteiger partial charge in [-0.3, -0.25) is 4.79 Å². The normalized spacial score (nSPS) is 10.6. The fraction of sp³-hybridized carbons (Fsp3) is 0. The maximum absolute atomic E-state index is 11.4. The zero-order chi connectivity index (χ0) is 12.1. The fourth-order valence-corrected chi connectivity index (χ4v) is 1.22. The van der Waals surface area contributed by atoms with Gasteiger partial charge in [0.15, 0.2) is 5.76 Å². The number of rotatable bonds is 3. The largest absolute Gasteiger partial charge is 0.507 e. The Hall–Kier alpha value is -2.56. The van der Waals surface area contributed by atoms with E-state index in [0.29, 0.717) is 5.56 Å². The van der Waals surface area contributed by atoms with Crippen LogP contribution in [0.15, 0.2) is 52.2 Å². The molecule has 1 aromatic carbocycles. The number of phenolic OH excluding ortho intramolecular Hbond substituents is 1. The van der Waals surface area contributed by atoms with Crippen molar-refractivity contribution in [3.05, 3.63) is 54.0 Å². The van der Waals surface area contributed by atoms with Crippen LogP contribution in [0.1, 0.15) is 16.1 Å². The second kappa shape index (κ2) is 4.98. The first kappa shape index (κ1) is 10.9. The Morgan fingerprint density at radius 1 is 1.29 bits per heavy atom. The van der Waals surface area contributed by atoms with E-state index in [9.17, 15) is 9.90 Å². The van der Waals surface area contributed by atoms with E-state index >= 15 is 0 Å². The molecule has 17 heavy (non-hydrogen) atoms. The molecule has 0 spiro atoms. The third-order valence-electron chi connectivity index (χ3n) is 2.05. The van der Waals surface area contributed by atoms with E-state index in [1.165, 1.54) is 24.6 Å². The van der Waals surface area contributed by atoms with Crippen molar-refractivity contribution in [2.45, 2.75) is 0 Å². The number of carbonyl (C=O) groups excluding carboxylic acids is 1. The smallest absolute Gasteiger partial charge is 0.307 e. The SMILES string of the molecule is O=C(N/N=C\c1ccccc1O)c1ccco1. The monoisotopic (exact) mass is 230 g/mol. The second-order valence-corrected chi connectivity index (χ2v) is 3.24. The van der Waals surface area contributed by atoms with E-state index in [1.807, 2.05) is 0 Å². The molecule has 0 aliphatic carbocycles. The van der Waals surface area contributed by atoms with Crippen molar-refractivity contribution >= 4 is 12.1 Å². The summed E-state index contributed by atoms with van der Waals surface area (Å²) in [5.74, 6) is -0.162. The van der Waals surface area contributed by atoms with Gasteiger partial charge in [0, 0.05) is 5.56 Å². The summed E-state index contributed by atoms with van der Waals surface area (Å²) in [6, 6.07) is 9.82. The summed E-state index contributed by atoms with van der Waals surface area (Å²) in [5.41, 5.74) is 2.81. The molecule has 5 nitrogen and oxygen atoms in total. The van der Waals surface area contributed by atoms with Gasteiger partial charge in [0.25, 0.3) is 0 Å². The summed E-state index contributed by atoms with van der Waals surface area (Å²) >= 11 is 0. The number of aromatic hydroxyl groups is 1. The minimum absolute atomic E-state index is 0.100. The van der Waals surface area contributed by atoms with Gasteiger partial charge >= 0.3 is 5.91 Å². The molecule has 0 aliphatic rings. The zero-order valence-corrected chi connectivity index (χ0v) is 8.83. The van der Waals surface area contributed by atoms with Crippen LogP contribution in [-0.2, 0) is 0 Å². The first-order valence-corrected chi connectivity index (χ1v) is 4.92. The van der Waals surface area contributed by atoms with Gasteiger partial charge in [0.05, 0.1) is 12.5 Å². The van der Waals surface area contributed by atoms with Gasteiger partial charge in [-0.15, -0.1) is 0 Å². The molecule has 2 N–H and O–H groups in total. The predicted octanol–water partition coefficient (Wildman–Crippen LogP) is 1.75. The summed E-state index contributed by atoms with van der Waals surface area (Å²) in [6.45, 7) is 0. The Bertz CT molecular complexity index is 532. The molecule has 0 radical (unpaired) electrons. The molecule has 0 atom stereocenters. The molecule has 2 rings (SSSR count). The lowest BCUT2D eigenvalue weighted by Gasteiger charge is -1.97. The minimum Gasteiger partial charge on any atom is -0.507 e. The van der Waals surface area contributed by atoms with Crippen molar-refractivity contribution in [3.63, 3.8) is 0 Å². The Balaban J connectivity index is 1.99. The average Bonchev–Trinajstić information content (AvgIpc) is 2.85. The van der Waals surface area contributed by atoms with Crippen LogP contribution >= 0.6 is 0 Å². The number of para-hydroxylation sites is 1. The first-order valence-electron chi connectivity index (χ1n) is 4.92. The van der Waals surface area contributed by atoms with E-state index < -0.39 is 5.91 Å². The Kier molecular flexibility index (Phi) is 3.20. The molecule has 1 heterocycles. The molecule has 0 saturated carbocycles. The van der Waals surface area contributed by atoms with Crippen LogP contribution in [0, 0.1) is 0 Å². The maximum Gasteiger partial charge on any atom is 0.307 e. The van der Waals surface area contributed by atoms with Crippen molar-refractivity contribution in [1.82, 2.24) is 5.43 Å². The number of furan rings is 1. The summed E-state index contributed by atoms with van der Waals surface area (Å²) in [6.07, 6.45) is 2.76. The number of phenols is 1. The van der Waals surface area contributed by atoms with Crippen LogP contribution in [0.3, 0.4) is 0 Å². The molecule has 0 fully saturated rings. The highest BCUT2D eigenvalue weighted by Gasteiger charge is 2.05. The van der Waals surface area contributed by atoms with Crippen molar-refractivity contribution in [3.8, 4) is 5.75 Å². The van der Waals surface area contributed by atoms with Crippen LogP contribution in [0.2, 0.25) is 0 Å². The van der Waals surface area contributed by atoms with E-state index in [2.05, 4.69) is 10.5 Å². The molecule has 0 saturated heterocycles. The van der Waals surface area contributed by atoms with Crippen molar-refractivity contribution in [2.24, 2.45) is 5.10 Å². The Morgan fingerprint density at radius 2 is 2.12 bits per heavy atom. The third kappa shape index (κ3) is 2.72. The van der Waals surface area contributed by atoms with Gasteiger partial charge in [0.2, 0.25) is 0 Å². The fourth-order valence-electron chi connectivity index (χ4n) is 1.22. The van der Waals surface area contributed by atoms with Gasteiger partial charge < -0.3 is 9.52 Å². The molecule has 2 aromatic rings. The molecular weight excluding hydrogens is 220 g/mol. The number of amides is 1. The van der Waals surface area contributed by atoms with Gasteiger partial charge in [-0.05, 0) is 24.3 Å². The number of carbonyl (C=O) groups is 1. The van der Waals surface area contributed by atoms with E-state index in [4.69, 9.17) is 4.42 Å². The number of nitrogens with one attached hydrogen (secondary N) is 1. The van der Waals surface area contributed by atoms with Gasteiger partial charge in [-0.1, -0.05) is 12.1 Å². The maximum atomic E-state index is 11.4. The molecule has 0 aliphatic heterocycles. The second-order valence-electron chi connectivity index (χ2n) is 3.24. The van der Waals surface area contributed by atoms with E-state index in [1.54, 1.807) is 24.3 Å². The summed E-state index contributed by atoms with van der Waals surface area (Å²) < 4.78 is 4.89. The lowest BCUT2D eigenvalue weighted by molar-refractivity contribution is 0.0927. The highest BCUT2D eigenvalue weighted by molar-refractivity contribution is 5.92. The molecule has 0 bridgehead atoms. The van der Waals surface area contributed by atoms with Crippen molar-refractivity contribution < 1.29 is 14.3 Å². The number of hydrazone groups is 1. The highest BCUT2D eigenvalue weighted by atomic mass is 16.3. The molecule has 1 amide bonds. The lowest BCUT2D eigenvalue weighted by Crippen LogP contribution is -2.16. The van der Waals surface area contributed by atoms with Crippen LogP contribution in [0.25, 0.3) is 0 Å². The first-order chi connectivity index (χ1) is 8.27. The summed E-state index contributed by atoms with van der Waals surface area (Å²) in [7, 11) is 0. The highest BCUT2D eigenvalue weighted by Crippen LogP contribution is 2.12. The third-order valence-corrected chi connectivity index (χ3v) is 2.05. The lowest BCUT2D eigenvalue weighted by atomic mass is 10.2. The Labute approximate surface area is 97.4 Å². The predicted molar refractivity (Wildman–Crippen MR) is 61.9 cm³/mol. The molecule has 86 valence electrons. The van der Waals surface area contributed by atoms with Crippen molar-refractivity contribution in [1.29, 1.82) is 0 Å². The van der Waals surface area contributed by atoms with Crippen LogP contribution in [0.4, 0.5) is 0 Å².